The molecule has 2 nitrogen and oxygen atoms in total. The monoisotopic (exact) mass is 431 g/mol. The molecule has 0 aliphatic carbocycles. The lowest BCUT2D eigenvalue weighted by Gasteiger charge is -2.34. The summed E-state index contributed by atoms with van der Waals surface area (Å²) in [4.78, 5) is 2.15. The standard InChI is InChI=1S/C29H53NO/c1-9-10-11-12-13-14-15-16-17-18-19-24-20-25(22-30(7)8)27(31)26(21-24)29(5,6)23-28(2,3)4/h20-21,31H,9-19,22-23H2,1-8H3. The summed E-state index contributed by atoms with van der Waals surface area (Å²) in [6.07, 6.45) is 15.9. The molecule has 1 aromatic carbocycles. The number of unbranched alkanes of at least 4 members (excludes halogenated alkanes) is 9. The van der Waals surface area contributed by atoms with E-state index in [-0.39, 0.29) is 10.8 Å². The first kappa shape index (κ1) is 28.0. The molecule has 1 rings (SSSR count). The summed E-state index contributed by atoms with van der Waals surface area (Å²) in [6, 6.07) is 4.55. The highest BCUT2D eigenvalue weighted by Crippen LogP contribution is 2.42. The van der Waals surface area contributed by atoms with Crippen molar-refractivity contribution in [2.45, 2.75) is 131 Å². The molecular formula is C29H53NO. The Labute approximate surface area is 194 Å². The minimum atomic E-state index is -0.0445. The summed E-state index contributed by atoms with van der Waals surface area (Å²) in [6.45, 7) is 14.5. The van der Waals surface area contributed by atoms with Gasteiger partial charge in [0.1, 0.15) is 5.75 Å². The van der Waals surface area contributed by atoms with E-state index < -0.39 is 0 Å². The molecule has 31 heavy (non-hydrogen) atoms. The molecule has 0 aliphatic rings. The van der Waals surface area contributed by atoms with Crippen LogP contribution in [0, 0.1) is 5.41 Å². The first-order valence-electron chi connectivity index (χ1n) is 13.0. The highest BCUT2D eigenvalue weighted by molar-refractivity contribution is 5.47. The summed E-state index contributed by atoms with van der Waals surface area (Å²) in [5.41, 5.74) is 3.78. The van der Waals surface area contributed by atoms with E-state index in [1.165, 1.54) is 69.8 Å². The first-order chi connectivity index (χ1) is 14.5. The van der Waals surface area contributed by atoms with Crippen molar-refractivity contribution in [1.29, 1.82) is 0 Å². The van der Waals surface area contributed by atoms with Crippen molar-refractivity contribution in [2.24, 2.45) is 5.41 Å². The zero-order chi connectivity index (χ0) is 23.5. The van der Waals surface area contributed by atoms with Gasteiger partial charge in [-0.25, -0.2) is 0 Å². The molecule has 0 spiro atoms. The average Bonchev–Trinajstić information content (AvgIpc) is 2.63. The Balaban J connectivity index is 2.71. The predicted octanol–water partition coefficient (Wildman–Crippen LogP) is 8.63. The predicted molar refractivity (Wildman–Crippen MR) is 138 cm³/mol. The van der Waals surface area contributed by atoms with Crippen molar-refractivity contribution in [3.05, 3.63) is 28.8 Å². The van der Waals surface area contributed by atoms with Gasteiger partial charge >= 0.3 is 0 Å². The molecule has 1 N–H and O–H groups in total. The number of aromatic hydroxyl groups is 1. The molecule has 0 atom stereocenters. The zero-order valence-electron chi connectivity index (χ0n) is 22.2. The maximum absolute atomic E-state index is 11.1. The Kier molecular flexibility index (Phi) is 12.2. The van der Waals surface area contributed by atoms with Gasteiger partial charge < -0.3 is 10.0 Å². The lowest BCUT2D eigenvalue weighted by Crippen LogP contribution is -2.25. The summed E-state index contributed by atoms with van der Waals surface area (Å²) in [7, 11) is 4.16. The third-order valence-electron chi connectivity index (χ3n) is 6.26. The molecule has 0 unspecified atom stereocenters. The SMILES string of the molecule is CCCCCCCCCCCCc1cc(CN(C)C)c(O)c(C(C)(C)CC(C)(C)C)c1. The van der Waals surface area contributed by atoms with Gasteiger partial charge in [-0.1, -0.05) is 111 Å². The van der Waals surface area contributed by atoms with Crippen LogP contribution in [0.5, 0.6) is 5.75 Å². The van der Waals surface area contributed by atoms with Gasteiger partial charge in [0.25, 0.3) is 0 Å². The van der Waals surface area contributed by atoms with Gasteiger partial charge in [-0.15, -0.1) is 0 Å². The van der Waals surface area contributed by atoms with Crippen molar-refractivity contribution in [3.8, 4) is 5.75 Å². The van der Waals surface area contributed by atoms with Crippen LogP contribution in [0.15, 0.2) is 12.1 Å². The summed E-state index contributed by atoms with van der Waals surface area (Å²) < 4.78 is 0. The normalized spacial score (nSPS) is 12.7. The van der Waals surface area contributed by atoms with E-state index in [9.17, 15) is 5.11 Å². The fourth-order valence-electron chi connectivity index (χ4n) is 5.12. The molecule has 180 valence electrons. The zero-order valence-corrected chi connectivity index (χ0v) is 22.2. The van der Waals surface area contributed by atoms with E-state index in [0.717, 1.165) is 30.5 Å². The lowest BCUT2D eigenvalue weighted by atomic mass is 9.71. The third-order valence-corrected chi connectivity index (χ3v) is 6.26. The minimum Gasteiger partial charge on any atom is -0.507 e. The number of aryl methyl sites for hydroxylation is 1. The van der Waals surface area contributed by atoms with Gasteiger partial charge in [0.2, 0.25) is 0 Å². The minimum absolute atomic E-state index is 0.0445. The molecule has 0 radical (unpaired) electrons. The van der Waals surface area contributed by atoms with Gasteiger partial charge in [-0.05, 0) is 49.8 Å². The van der Waals surface area contributed by atoms with Gasteiger partial charge in [-0.2, -0.15) is 0 Å². The maximum Gasteiger partial charge on any atom is 0.123 e. The molecule has 0 aromatic heterocycles. The van der Waals surface area contributed by atoms with Crippen LogP contribution in [-0.2, 0) is 18.4 Å². The van der Waals surface area contributed by atoms with E-state index in [0.29, 0.717) is 5.75 Å². The van der Waals surface area contributed by atoms with E-state index in [1.54, 1.807) is 0 Å². The average molecular weight is 432 g/mol. The first-order valence-corrected chi connectivity index (χ1v) is 13.0. The number of phenols is 1. The van der Waals surface area contributed by atoms with E-state index in [2.05, 4.69) is 72.7 Å². The molecule has 0 aliphatic heterocycles. The largest absolute Gasteiger partial charge is 0.507 e. The van der Waals surface area contributed by atoms with Crippen LogP contribution in [0.1, 0.15) is 129 Å². The van der Waals surface area contributed by atoms with E-state index >= 15 is 0 Å². The summed E-state index contributed by atoms with van der Waals surface area (Å²) >= 11 is 0. The fraction of sp³-hybridized carbons (Fsp3) is 0.793. The lowest BCUT2D eigenvalue weighted by molar-refractivity contribution is 0.277. The molecule has 0 saturated heterocycles. The summed E-state index contributed by atoms with van der Waals surface area (Å²) in [5.74, 6) is 0.509. The quantitative estimate of drug-likeness (QED) is 0.281. The van der Waals surface area contributed by atoms with Gasteiger partial charge in [0, 0.05) is 17.7 Å². The fourth-order valence-corrected chi connectivity index (χ4v) is 5.12. The van der Waals surface area contributed by atoms with Crippen LogP contribution in [0.2, 0.25) is 0 Å². The van der Waals surface area contributed by atoms with Gasteiger partial charge in [0.15, 0.2) is 0 Å². The molecule has 0 saturated carbocycles. The Bertz CT molecular complexity index is 624. The Morgan fingerprint density at radius 3 is 1.77 bits per heavy atom. The second kappa shape index (κ2) is 13.5. The van der Waals surface area contributed by atoms with Crippen LogP contribution in [0.4, 0.5) is 0 Å². The van der Waals surface area contributed by atoms with Crippen molar-refractivity contribution < 1.29 is 5.11 Å². The number of nitrogens with zero attached hydrogens (tertiary/aromatic N) is 1. The van der Waals surface area contributed by atoms with Crippen molar-refractivity contribution in [2.75, 3.05) is 14.1 Å². The molecule has 1 aromatic rings. The van der Waals surface area contributed by atoms with Crippen LogP contribution in [-0.4, -0.2) is 24.1 Å². The number of phenolic OH excluding ortho intramolecular Hbond substituents is 1. The highest BCUT2D eigenvalue weighted by Gasteiger charge is 2.30. The van der Waals surface area contributed by atoms with Gasteiger partial charge in [0.05, 0.1) is 0 Å². The Hall–Kier alpha value is -1.02. The number of rotatable bonds is 15. The van der Waals surface area contributed by atoms with Crippen LogP contribution in [0.3, 0.4) is 0 Å². The van der Waals surface area contributed by atoms with Crippen molar-refractivity contribution in [1.82, 2.24) is 4.90 Å². The highest BCUT2D eigenvalue weighted by atomic mass is 16.3. The van der Waals surface area contributed by atoms with Crippen LogP contribution >= 0.6 is 0 Å². The molecule has 0 heterocycles. The van der Waals surface area contributed by atoms with Crippen LogP contribution < -0.4 is 0 Å². The smallest absolute Gasteiger partial charge is 0.123 e. The van der Waals surface area contributed by atoms with E-state index in [4.69, 9.17) is 0 Å². The topological polar surface area (TPSA) is 23.5 Å². The molecule has 0 bridgehead atoms. The molecular weight excluding hydrogens is 378 g/mol. The molecule has 2 heteroatoms. The van der Waals surface area contributed by atoms with Gasteiger partial charge in [-0.3, -0.25) is 0 Å². The molecule has 0 fully saturated rings. The number of benzene rings is 1. The third kappa shape index (κ3) is 11.4. The van der Waals surface area contributed by atoms with Crippen molar-refractivity contribution >= 4 is 0 Å². The van der Waals surface area contributed by atoms with Crippen LogP contribution in [0.25, 0.3) is 0 Å². The van der Waals surface area contributed by atoms with E-state index in [1.807, 2.05) is 0 Å². The Morgan fingerprint density at radius 1 is 0.774 bits per heavy atom. The summed E-state index contributed by atoms with van der Waals surface area (Å²) in [5, 5.41) is 11.1. The molecule has 0 amide bonds. The second-order valence-corrected chi connectivity index (χ2v) is 11.9. The number of hydrogen-bond acceptors (Lipinski definition) is 2. The maximum atomic E-state index is 11.1. The second-order valence-electron chi connectivity index (χ2n) is 11.9. The van der Waals surface area contributed by atoms with Crippen molar-refractivity contribution in [3.63, 3.8) is 0 Å². The Morgan fingerprint density at radius 2 is 1.29 bits per heavy atom. The number of hydrogen-bond donors (Lipinski definition) is 1.